The van der Waals surface area contributed by atoms with Gasteiger partial charge < -0.3 is 9.67 Å². The van der Waals surface area contributed by atoms with Crippen LogP contribution in [0, 0.1) is 6.92 Å². The Balaban J connectivity index is 1.94. The van der Waals surface area contributed by atoms with Crippen molar-refractivity contribution in [3.05, 3.63) is 102 Å². The molecule has 0 unspecified atom stereocenters. The normalized spacial score (nSPS) is 11.5. The predicted octanol–water partition coefficient (Wildman–Crippen LogP) is 6.84. The van der Waals surface area contributed by atoms with Crippen LogP contribution < -0.4 is 0 Å². The molecule has 0 saturated heterocycles. The molecule has 4 rings (SSSR count). The minimum Gasteiger partial charge on any atom is -0.478 e. The molecule has 3 aromatic carbocycles. The topological polar surface area (TPSA) is 42.2 Å². The van der Waals surface area contributed by atoms with Gasteiger partial charge in [-0.15, -0.1) is 0 Å². The van der Waals surface area contributed by atoms with Crippen LogP contribution in [-0.4, -0.2) is 15.6 Å². The van der Waals surface area contributed by atoms with E-state index in [-0.39, 0.29) is 5.56 Å². The standard InChI is InChI=1S/C25H18F3NO2/c1-16-22(17-6-3-2-4-7-17)15-23(18-10-12-20(13-11-18)25(26,27)28)29(16)21-9-5-8-19(14-21)24(30)31/h2-15H,1H3,(H,30,31). The molecule has 0 aliphatic rings. The van der Waals surface area contributed by atoms with Crippen LogP contribution in [0.2, 0.25) is 0 Å². The van der Waals surface area contributed by atoms with Crippen molar-refractivity contribution in [3.8, 4) is 28.1 Å². The van der Waals surface area contributed by atoms with Crippen LogP contribution in [0.15, 0.2) is 84.9 Å². The molecule has 3 nitrogen and oxygen atoms in total. The van der Waals surface area contributed by atoms with Gasteiger partial charge in [0.1, 0.15) is 0 Å². The van der Waals surface area contributed by atoms with Gasteiger partial charge in [-0.25, -0.2) is 4.79 Å². The Labute approximate surface area is 177 Å². The number of rotatable bonds is 4. The molecule has 0 bridgehead atoms. The summed E-state index contributed by atoms with van der Waals surface area (Å²) in [6, 6.07) is 23.0. The lowest BCUT2D eigenvalue weighted by atomic mass is 10.0. The molecular formula is C25H18F3NO2. The zero-order valence-corrected chi connectivity index (χ0v) is 16.5. The smallest absolute Gasteiger partial charge is 0.416 e. The summed E-state index contributed by atoms with van der Waals surface area (Å²) < 4.78 is 40.9. The highest BCUT2D eigenvalue weighted by molar-refractivity contribution is 5.88. The second-order valence-electron chi connectivity index (χ2n) is 7.16. The third-order valence-corrected chi connectivity index (χ3v) is 5.19. The average Bonchev–Trinajstić information content (AvgIpc) is 3.11. The van der Waals surface area contributed by atoms with E-state index in [2.05, 4.69) is 0 Å². The van der Waals surface area contributed by atoms with Crippen LogP contribution in [0.3, 0.4) is 0 Å². The fourth-order valence-corrected chi connectivity index (χ4v) is 3.67. The summed E-state index contributed by atoms with van der Waals surface area (Å²) in [6.45, 7) is 1.91. The molecule has 1 heterocycles. The van der Waals surface area contributed by atoms with Crippen LogP contribution >= 0.6 is 0 Å². The summed E-state index contributed by atoms with van der Waals surface area (Å²) in [7, 11) is 0. The van der Waals surface area contributed by atoms with E-state index in [1.165, 1.54) is 18.2 Å². The fraction of sp³-hybridized carbons (Fsp3) is 0.0800. The molecule has 0 amide bonds. The minimum atomic E-state index is -4.42. The largest absolute Gasteiger partial charge is 0.478 e. The Hall–Kier alpha value is -3.80. The molecule has 0 spiro atoms. The Morgan fingerprint density at radius 2 is 1.52 bits per heavy atom. The minimum absolute atomic E-state index is 0.130. The van der Waals surface area contributed by atoms with Gasteiger partial charge in [0, 0.05) is 16.9 Å². The van der Waals surface area contributed by atoms with Gasteiger partial charge in [-0.3, -0.25) is 0 Å². The summed E-state index contributed by atoms with van der Waals surface area (Å²) in [4.78, 5) is 11.5. The first kappa shape index (κ1) is 20.5. The lowest BCUT2D eigenvalue weighted by Crippen LogP contribution is -2.05. The SMILES string of the molecule is Cc1c(-c2ccccc2)cc(-c2ccc(C(F)(F)F)cc2)n1-c1cccc(C(=O)O)c1. The van der Waals surface area contributed by atoms with Crippen molar-refractivity contribution in [1.82, 2.24) is 4.57 Å². The van der Waals surface area contributed by atoms with E-state index >= 15 is 0 Å². The molecule has 4 aromatic rings. The zero-order chi connectivity index (χ0) is 22.2. The van der Waals surface area contributed by atoms with E-state index in [1.54, 1.807) is 18.2 Å². The highest BCUT2D eigenvalue weighted by atomic mass is 19.4. The fourth-order valence-electron chi connectivity index (χ4n) is 3.67. The number of aromatic carboxylic acids is 1. The molecule has 156 valence electrons. The van der Waals surface area contributed by atoms with Crippen molar-refractivity contribution < 1.29 is 23.1 Å². The van der Waals surface area contributed by atoms with E-state index < -0.39 is 17.7 Å². The second-order valence-corrected chi connectivity index (χ2v) is 7.16. The molecule has 0 radical (unpaired) electrons. The third-order valence-electron chi connectivity index (χ3n) is 5.19. The monoisotopic (exact) mass is 421 g/mol. The van der Waals surface area contributed by atoms with E-state index in [0.717, 1.165) is 29.0 Å². The van der Waals surface area contributed by atoms with Gasteiger partial charge in [0.2, 0.25) is 0 Å². The van der Waals surface area contributed by atoms with Crippen LogP contribution in [-0.2, 0) is 6.18 Å². The summed E-state index contributed by atoms with van der Waals surface area (Å²) in [5, 5.41) is 9.39. The number of aromatic nitrogens is 1. The first-order valence-corrected chi connectivity index (χ1v) is 9.55. The van der Waals surface area contributed by atoms with Gasteiger partial charge in [-0.05, 0) is 54.4 Å². The highest BCUT2D eigenvalue weighted by Gasteiger charge is 2.30. The number of carboxylic acids is 1. The summed E-state index contributed by atoms with van der Waals surface area (Å²) in [5.41, 5.74) is 4.02. The van der Waals surface area contributed by atoms with E-state index in [9.17, 15) is 23.1 Å². The van der Waals surface area contributed by atoms with Crippen LogP contribution in [0.4, 0.5) is 13.2 Å². The number of benzene rings is 3. The lowest BCUT2D eigenvalue weighted by Gasteiger charge is -2.14. The zero-order valence-electron chi connectivity index (χ0n) is 16.5. The summed E-state index contributed by atoms with van der Waals surface area (Å²) >= 11 is 0. The van der Waals surface area contributed by atoms with Crippen molar-refractivity contribution in [2.45, 2.75) is 13.1 Å². The van der Waals surface area contributed by atoms with Gasteiger partial charge in [-0.2, -0.15) is 13.2 Å². The second kappa shape index (κ2) is 7.80. The quantitative estimate of drug-likeness (QED) is 0.392. The Kier molecular flexibility index (Phi) is 5.15. The molecule has 0 aliphatic carbocycles. The number of hydrogen-bond acceptors (Lipinski definition) is 1. The predicted molar refractivity (Wildman–Crippen MR) is 113 cm³/mol. The molecule has 1 N–H and O–H groups in total. The van der Waals surface area contributed by atoms with Crippen molar-refractivity contribution in [1.29, 1.82) is 0 Å². The Morgan fingerprint density at radius 1 is 0.839 bits per heavy atom. The molecule has 1 aromatic heterocycles. The number of alkyl halides is 3. The van der Waals surface area contributed by atoms with Gasteiger partial charge >= 0.3 is 12.1 Å². The van der Waals surface area contributed by atoms with Crippen LogP contribution in [0.25, 0.3) is 28.1 Å². The summed E-state index contributed by atoms with van der Waals surface area (Å²) in [6.07, 6.45) is -4.42. The Bertz CT molecular complexity index is 1240. The van der Waals surface area contributed by atoms with Crippen molar-refractivity contribution in [3.63, 3.8) is 0 Å². The molecule has 6 heteroatoms. The van der Waals surface area contributed by atoms with Gasteiger partial charge in [0.15, 0.2) is 0 Å². The molecule has 31 heavy (non-hydrogen) atoms. The number of carboxylic acid groups (broad SMARTS) is 1. The number of carbonyl (C=O) groups is 1. The molecule has 0 fully saturated rings. The molecule has 0 atom stereocenters. The highest BCUT2D eigenvalue weighted by Crippen LogP contribution is 2.36. The summed E-state index contributed by atoms with van der Waals surface area (Å²) in [5.74, 6) is -1.05. The van der Waals surface area contributed by atoms with E-state index in [1.807, 2.05) is 47.9 Å². The van der Waals surface area contributed by atoms with E-state index in [4.69, 9.17) is 0 Å². The molecular weight excluding hydrogens is 403 g/mol. The number of nitrogens with zero attached hydrogens (tertiary/aromatic N) is 1. The molecule has 0 aliphatic heterocycles. The lowest BCUT2D eigenvalue weighted by molar-refractivity contribution is -0.137. The third kappa shape index (κ3) is 3.97. The van der Waals surface area contributed by atoms with Crippen molar-refractivity contribution >= 4 is 5.97 Å². The van der Waals surface area contributed by atoms with Crippen molar-refractivity contribution in [2.24, 2.45) is 0 Å². The maximum Gasteiger partial charge on any atom is 0.416 e. The maximum atomic E-state index is 13.0. The van der Waals surface area contributed by atoms with Crippen molar-refractivity contribution in [2.75, 3.05) is 0 Å². The Morgan fingerprint density at radius 3 is 2.13 bits per heavy atom. The first-order chi connectivity index (χ1) is 14.8. The molecule has 0 saturated carbocycles. The van der Waals surface area contributed by atoms with Gasteiger partial charge in [0.25, 0.3) is 0 Å². The number of hydrogen-bond donors (Lipinski definition) is 1. The maximum absolute atomic E-state index is 13.0. The number of halogens is 3. The van der Waals surface area contributed by atoms with Crippen LogP contribution in [0.1, 0.15) is 21.6 Å². The van der Waals surface area contributed by atoms with Crippen LogP contribution in [0.5, 0.6) is 0 Å². The van der Waals surface area contributed by atoms with Gasteiger partial charge in [0.05, 0.1) is 16.8 Å². The first-order valence-electron chi connectivity index (χ1n) is 9.55. The average molecular weight is 421 g/mol. The van der Waals surface area contributed by atoms with Gasteiger partial charge in [-0.1, -0.05) is 48.5 Å². The van der Waals surface area contributed by atoms with E-state index in [0.29, 0.717) is 16.9 Å².